The van der Waals surface area contributed by atoms with Crippen molar-refractivity contribution in [2.24, 2.45) is 0 Å². The van der Waals surface area contributed by atoms with Gasteiger partial charge in [0.15, 0.2) is 0 Å². The maximum absolute atomic E-state index is 11.2. The lowest BCUT2D eigenvalue weighted by Gasteiger charge is -2.24. The van der Waals surface area contributed by atoms with E-state index in [9.17, 15) is 4.79 Å². The second-order valence-corrected chi connectivity index (χ2v) is 7.01. The number of nitrogens with one attached hydrogen (secondary N) is 2. The molecule has 1 fully saturated rings. The van der Waals surface area contributed by atoms with Crippen LogP contribution in [-0.2, 0) is 11.2 Å². The van der Waals surface area contributed by atoms with Crippen LogP contribution >= 0.6 is 11.6 Å². The number of carbonyl (C=O) groups is 1. The monoisotopic (exact) mass is 372 g/mol. The number of amides is 1. The van der Waals surface area contributed by atoms with Crippen molar-refractivity contribution in [2.75, 3.05) is 26.7 Å². The van der Waals surface area contributed by atoms with Gasteiger partial charge in [0.05, 0.1) is 7.11 Å². The Morgan fingerprint density at radius 1 is 1.31 bits per heavy atom. The molecule has 1 saturated heterocycles. The molecule has 0 aliphatic carbocycles. The summed E-state index contributed by atoms with van der Waals surface area (Å²) in [6, 6.07) is 14.6. The average molecular weight is 373 g/mol. The van der Waals surface area contributed by atoms with Crippen molar-refractivity contribution in [1.82, 2.24) is 10.6 Å². The second-order valence-electron chi connectivity index (χ2n) is 6.61. The molecule has 1 amide bonds. The predicted molar refractivity (Wildman–Crippen MR) is 106 cm³/mol. The Kier molecular flexibility index (Phi) is 6.53. The molecule has 1 aliphatic rings. The summed E-state index contributed by atoms with van der Waals surface area (Å²) in [6.45, 7) is 2.62. The molecule has 26 heavy (non-hydrogen) atoms. The highest BCUT2D eigenvalue weighted by Crippen LogP contribution is 2.34. The van der Waals surface area contributed by atoms with Crippen molar-refractivity contribution in [3.63, 3.8) is 0 Å². The van der Waals surface area contributed by atoms with E-state index in [1.807, 2.05) is 12.1 Å². The van der Waals surface area contributed by atoms with E-state index in [0.29, 0.717) is 12.5 Å². The van der Waals surface area contributed by atoms with Gasteiger partial charge >= 0.3 is 6.09 Å². The molecule has 1 atom stereocenters. The molecule has 4 nitrogen and oxygen atoms in total. The van der Waals surface area contributed by atoms with E-state index >= 15 is 0 Å². The Hall–Kier alpha value is -2.04. The zero-order valence-corrected chi connectivity index (χ0v) is 15.8. The summed E-state index contributed by atoms with van der Waals surface area (Å²) in [5, 5.41) is 7.01. The second kappa shape index (κ2) is 9.06. The van der Waals surface area contributed by atoms with Crippen LogP contribution in [0.2, 0.25) is 5.02 Å². The fourth-order valence-electron chi connectivity index (χ4n) is 3.53. The number of rotatable bonds is 5. The molecule has 5 heteroatoms. The van der Waals surface area contributed by atoms with Gasteiger partial charge < -0.3 is 15.4 Å². The van der Waals surface area contributed by atoms with Gasteiger partial charge in [0.1, 0.15) is 0 Å². The van der Waals surface area contributed by atoms with Gasteiger partial charge in [0.25, 0.3) is 0 Å². The van der Waals surface area contributed by atoms with Crippen molar-refractivity contribution in [3.05, 3.63) is 58.6 Å². The van der Waals surface area contributed by atoms with E-state index in [1.54, 1.807) is 0 Å². The van der Waals surface area contributed by atoms with Crippen LogP contribution in [0.1, 0.15) is 29.9 Å². The summed E-state index contributed by atoms with van der Waals surface area (Å²) in [6.07, 6.45) is 2.70. The van der Waals surface area contributed by atoms with Gasteiger partial charge in [-0.25, -0.2) is 4.79 Å². The Labute approximate surface area is 159 Å². The average Bonchev–Trinajstić information content (AvgIpc) is 2.69. The number of ether oxygens (including phenoxy) is 1. The van der Waals surface area contributed by atoms with Crippen molar-refractivity contribution < 1.29 is 9.53 Å². The molecule has 2 N–H and O–H groups in total. The molecule has 0 saturated carbocycles. The quantitative estimate of drug-likeness (QED) is 0.819. The number of hydrogen-bond acceptors (Lipinski definition) is 3. The number of alkyl carbamates (subject to hydrolysis) is 1. The highest BCUT2D eigenvalue weighted by molar-refractivity contribution is 6.31. The largest absolute Gasteiger partial charge is 0.453 e. The number of methoxy groups -OCH3 is 1. The summed E-state index contributed by atoms with van der Waals surface area (Å²) in [7, 11) is 1.37. The van der Waals surface area contributed by atoms with Crippen LogP contribution in [0, 0.1) is 0 Å². The molecular formula is C21H25ClN2O2. The maximum Gasteiger partial charge on any atom is 0.406 e. The molecule has 1 aliphatic heterocycles. The first-order valence-electron chi connectivity index (χ1n) is 9.09. The summed E-state index contributed by atoms with van der Waals surface area (Å²) in [5.41, 5.74) is 4.66. The minimum absolute atomic E-state index is 0.407. The van der Waals surface area contributed by atoms with Crippen LogP contribution < -0.4 is 10.6 Å². The number of halogens is 1. The summed E-state index contributed by atoms with van der Waals surface area (Å²) < 4.78 is 4.62. The normalized spacial score (nSPS) is 16.9. The van der Waals surface area contributed by atoms with Crippen LogP contribution in [0.15, 0.2) is 42.5 Å². The molecule has 138 valence electrons. The fourth-order valence-corrected chi connectivity index (χ4v) is 3.87. The molecule has 0 spiro atoms. The summed E-state index contributed by atoms with van der Waals surface area (Å²) in [5.74, 6) is 0.491. The van der Waals surface area contributed by atoms with Crippen LogP contribution in [0.25, 0.3) is 11.1 Å². The topological polar surface area (TPSA) is 50.4 Å². The van der Waals surface area contributed by atoms with Crippen molar-refractivity contribution in [2.45, 2.75) is 25.2 Å². The zero-order valence-electron chi connectivity index (χ0n) is 15.1. The van der Waals surface area contributed by atoms with E-state index in [0.717, 1.165) is 35.7 Å². The highest BCUT2D eigenvalue weighted by atomic mass is 35.5. The van der Waals surface area contributed by atoms with Crippen LogP contribution in [0.4, 0.5) is 4.79 Å². The van der Waals surface area contributed by atoms with E-state index in [-0.39, 0.29) is 0 Å². The van der Waals surface area contributed by atoms with E-state index < -0.39 is 6.09 Å². The number of hydrogen-bond donors (Lipinski definition) is 2. The fraction of sp³-hybridized carbons (Fsp3) is 0.381. The lowest BCUT2D eigenvalue weighted by Crippen LogP contribution is -2.28. The van der Waals surface area contributed by atoms with Gasteiger partial charge in [0, 0.05) is 18.1 Å². The lowest BCUT2D eigenvalue weighted by molar-refractivity contribution is 0.171. The SMILES string of the molecule is COC(=O)NCCc1ccccc1-c1ccc([C@@H]2CCCNC2)c(Cl)c1. The smallest absolute Gasteiger partial charge is 0.406 e. The maximum atomic E-state index is 11.2. The zero-order chi connectivity index (χ0) is 18.4. The Morgan fingerprint density at radius 2 is 2.15 bits per heavy atom. The van der Waals surface area contributed by atoms with Gasteiger partial charge in [-0.2, -0.15) is 0 Å². The molecule has 2 aromatic carbocycles. The Bertz CT molecular complexity index is 757. The van der Waals surface area contributed by atoms with Crippen LogP contribution in [0.3, 0.4) is 0 Å². The third-order valence-electron chi connectivity index (χ3n) is 4.91. The van der Waals surface area contributed by atoms with Crippen molar-refractivity contribution in [1.29, 1.82) is 0 Å². The van der Waals surface area contributed by atoms with Gasteiger partial charge in [-0.1, -0.05) is 48.0 Å². The molecule has 0 aromatic heterocycles. The highest BCUT2D eigenvalue weighted by Gasteiger charge is 2.18. The van der Waals surface area contributed by atoms with Crippen molar-refractivity contribution >= 4 is 17.7 Å². The third kappa shape index (κ3) is 4.57. The number of benzene rings is 2. The van der Waals surface area contributed by atoms with Gasteiger partial charge in [0.2, 0.25) is 0 Å². The van der Waals surface area contributed by atoms with E-state index in [2.05, 4.69) is 45.7 Å². The molecule has 0 bridgehead atoms. The summed E-state index contributed by atoms with van der Waals surface area (Å²) >= 11 is 6.63. The summed E-state index contributed by atoms with van der Waals surface area (Å²) in [4.78, 5) is 11.2. The molecule has 2 aromatic rings. The molecule has 0 unspecified atom stereocenters. The molecule has 3 rings (SSSR count). The first kappa shape index (κ1) is 18.7. The Balaban J connectivity index is 1.78. The van der Waals surface area contributed by atoms with Crippen LogP contribution in [0.5, 0.6) is 0 Å². The number of piperidine rings is 1. The van der Waals surface area contributed by atoms with Gasteiger partial charge in [-0.05, 0) is 60.0 Å². The van der Waals surface area contributed by atoms with Gasteiger partial charge in [-0.3, -0.25) is 0 Å². The minimum atomic E-state index is -0.407. The molecular weight excluding hydrogens is 348 g/mol. The van der Waals surface area contributed by atoms with Crippen molar-refractivity contribution in [3.8, 4) is 11.1 Å². The first-order valence-corrected chi connectivity index (χ1v) is 9.47. The van der Waals surface area contributed by atoms with E-state index in [1.165, 1.54) is 31.1 Å². The van der Waals surface area contributed by atoms with Crippen LogP contribution in [-0.4, -0.2) is 32.8 Å². The molecule has 1 heterocycles. The third-order valence-corrected chi connectivity index (χ3v) is 5.24. The lowest BCUT2D eigenvalue weighted by atomic mass is 9.89. The Morgan fingerprint density at radius 3 is 2.88 bits per heavy atom. The van der Waals surface area contributed by atoms with Gasteiger partial charge in [-0.15, -0.1) is 0 Å². The number of carbonyl (C=O) groups excluding carboxylic acids is 1. The standard InChI is InChI=1S/C21H25ClN2O2/c1-26-21(25)24-12-10-15-5-2-3-7-18(15)16-8-9-19(20(22)13-16)17-6-4-11-23-14-17/h2-3,5,7-9,13,17,23H,4,6,10-12,14H2,1H3,(H,24,25)/t17-/m1/s1. The first-order chi connectivity index (χ1) is 12.7. The molecule has 0 radical (unpaired) electrons. The minimum Gasteiger partial charge on any atom is -0.453 e. The predicted octanol–water partition coefficient (Wildman–Crippen LogP) is 4.37. The van der Waals surface area contributed by atoms with E-state index in [4.69, 9.17) is 11.6 Å².